The van der Waals surface area contributed by atoms with Crippen molar-refractivity contribution in [3.05, 3.63) is 28.8 Å². The van der Waals surface area contributed by atoms with E-state index in [1.54, 1.807) is 12.1 Å². The third-order valence-corrected chi connectivity index (χ3v) is 3.48. The van der Waals surface area contributed by atoms with Crippen LogP contribution in [0.3, 0.4) is 0 Å². The van der Waals surface area contributed by atoms with Crippen molar-refractivity contribution in [1.29, 1.82) is 0 Å². The van der Waals surface area contributed by atoms with E-state index >= 15 is 0 Å². The van der Waals surface area contributed by atoms with Crippen LogP contribution < -0.4 is 5.32 Å². The molecular formula is C14H18ClNO3. The third kappa shape index (κ3) is 3.39. The summed E-state index contributed by atoms with van der Waals surface area (Å²) in [6.07, 6.45) is 2.24. The number of hydrogen-bond donors (Lipinski definition) is 1. The lowest BCUT2D eigenvalue weighted by atomic mass is 9.89. The van der Waals surface area contributed by atoms with Crippen molar-refractivity contribution in [3.63, 3.8) is 0 Å². The molecule has 1 fully saturated rings. The van der Waals surface area contributed by atoms with Gasteiger partial charge in [-0.25, -0.2) is 4.79 Å². The van der Waals surface area contributed by atoms with Gasteiger partial charge in [-0.1, -0.05) is 11.6 Å². The summed E-state index contributed by atoms with van der Waals surface area (Å²) in [6.45, 7) is 2.74. The highest BCUT2D eigenvalue weighted by atomic mass is 35.5. The topological polar surface area (TPSA) is 47.6 Å². The average Bonchev–Trinajstić information content (AvgIpc) is 2.37. The van der Waals surface area contributed by atoms with Gasteiger partial charge in [0.05, 0.1) is 18.8 Å². The first-order valence-electron chi connectivity index (χ1n) is 6.40. The average molecular weight is 284 g/mol. The first kappa shape index (κ1) is 14.2. The highest BCUT2D eigenvalue weighted by Crippen LogP contribution is 2.29. The van der Waals surface area contributed by atoms with Gasteiger partial charge in [-0.3, -0.25) is 0 Å². The van der Waals surface area contributed by atoms with Crippen LogP contribution in [0.1, 0.15) is 30.1 Å². The molecule has 1 aliphatic carbocycles. The van der Waals surface area contributed by atoms with Gasteiger partial charge in [0.15, 0.2) is 0 Å². The normalized spacial score (nSPS) is 21.6. The predicted octanol–water partition coefficient (Wildman–Crippen LogP) is 3.11. The Morgan fingerprint density at radius 2 is 2.21 bits per heavy atom. The minimum absolute atomic E-state index is 0.330. The second kappa shape index (κ2) is 6.26. The minimum atomic E-state index is -0.384. The number of carbonyl (C=O) groups is 1. The maximum atomic E-state index is 11.7. The zero-order chi connectivity index (χ0) is 13.8. The van der Waals surface area contributed by atoms with Crippen molar-refractivity contribution in [3.8, 4) is 0 Å². The van der Waals surface area contributed by atoms with Gasteiger partial charge in [0.2, 0.25) is 0 Å². The van der Waals surface area contributed by atoms with Crippen LogP contribution in [-0.4, -0.2) is 31.8 Å². The molecule has 0 spiro atoms. The van der Waals surface area contributed by atoms with Crippen molar-refractivity contribution < 1.29 is 14.3 Å². The van der Waals surface area contributed by atoms with Crippen LogP contribution in [0.4, 0.5) is 5.69 Å². The van der Waals surface area contributed by atoms with Crippen LogP contribution in [0.2, 0.25) is 5.02 Å². The Hall–Kier alpha value is -1.26. The number of rotatable bonds is 5. The number of benzene rings is 1. The van der Waals surface area contributed by atoms with Gasteiger partial charge in [0.25, 0.3) is 0 Å². The van der Waals surface area contributed by atoms with Crippen molar-refractivity contribution in [1.82, 2.24) is 0 Å². The Balaban J connectivity index is 2.02. The Labute approximate surface area is 118 Å². The molecule has 104 valence electrons. The molecule has 0 unspecified atom stereocenters. The minimum Gasteiger partial charge on any atom is -0.465 e. The van der Waals surface area contributed by atoms with Crippen molar-refractivity contribution in [2.75, 3.05) is 19.0 Å². The summed E-state index contributed by atoms with van der Waals surface area (Å²) < 4.78 is 10.3. The van der Waals surface area contributed by atoms with E-state index in [-0.39, 0.29) is 5.97 Å². The van der Waals surface area contributed by atoms with Gasteiger partial charge < -0.3 is 14.8 Å². The monoisotopic (exact) mass is 283 g/mol. The number of hydrogen-bond acceptors (Lipinski definition) is 4. The molecule has 19 heavy (non-hydrogen) atoms. The molecule has 0 amide bonds. The standard InChI is InChI=1S/C14H18ClNO3/c1-3-19-11-7-10(8-11)16-13-5-4-9(15)6-12(13)14(17)18-2/h4-6,10-11,16H,3,7-8H2,1-2H3. The summed E-state index contributed by atoms with van der Waals surface area (Å²) in [6, 6.07) is 5.52. The molecule has 0 saturated heterocycles. The smallest absolute Gasteiger partial charge is 0.340 e. The molecule has 0 radical (unpaired) electrons. The first-order valence-corrected chi connectivity index (χ1v) is 6.77. The van der Waals surface area contributed by atoms with E-state index in [4.69, 9.17) is 21.1 Å². The number of halogens is 1. The molecule has 1 saturated carbocycles. The molecule has 1 aromatic carbocycles. The number of ether oxygens (including phenoxy) is 2. The largest absolute Gasteiger partial charge is 0.465 e. The Morgan fingerprint density at radius 1 is 1.47 bits per heavy atom. The fourth-order valence-electron chi connectivity index (χ4n) is 2.20. The van der Waals surface area contributed by atoms with Crippen LogP contribution >= 0.6 is 11.6 Å². The summed E-state index contributed by atoms with van der Waals surface area (Å²) in [5, 5.41) is 3.86. The molecule has 0 bridgehead atoms. The zero-order valence-electron chi connectivity index (χ0n) is 11.1. The molecule has 1 aliphatic rings. The summed E-state index contributed by atoms with van der Waals surface area (Å²) in [4.78, 5) is 11.7. The molecular weight excluding hydrogens is 266 g/mol. The quantitative estimate of drug-likeness (QED) is 0.844. The molecule has 0 atom stereocenters. The molecule has 1 N–H and O–H groups in total. The van der Waals surface area contributed by atoms with E-state index in [1.807, 2.05) is 13.0 Å². The SMILES string of the molecule is CCOC1CC(Nc2ccc(Cl)cc2C(=O)OC)C1. The van der Waals surface area contributed by atoms with Crippen LogP contribution in [-0.2, 0) is 9.47 Å². The van der Waals surface area contributed by atoms with Crippen LogP contribution in [0, 0.1) is 0 Å². The molecule has 0 aliphatic heterocycles. The molecule has 2 rings (SSSR count). The van der Waals surface area contributed by atoms with Crippen LogP contribution in [0.5, 0.6) is 0 Å². The fraction of sp³-hybridized carbons (Fsp3) is 0.500. The Morgan fingerprint density at radius 3 is 2.84 bits per heavy atom. The predicted molar refractivity (Wildman–Crippen MR) is 74.9 cm³/mol. The number of carbonyl (C=O) groups excluding carboxylic acids is 1. The molecule has 5 heteroatoms. The lowest BCUT2D eigenvalue weighted by Gasteiger charge is -2.36. The number of anilines is 1. The zero-order valence-corrected chi connectivity index (χ0v) is 11.9. The molecule has 4 nitrogen and oxygen atoms in total. The summed E-state index contributed by atoms with van der Waals surface area (Å²) in [5.74, 6) is -0.384. The second-order valence-corrected chi connectivity index (χ2v) is 5.01. The van der Waals surface area contributed by atoms with E-state index in [2.05, 4.69) is 5.32 Å². The highest BCUT2D eigenvalue weighted by molar-refractivity contribution is 6.31. The maximum Gasteiger partial charge on any atom is 0.340 e. The van der Waals surface area contributed by atoms with Crippen molar-refractivity contribution in [2.24, 2.45) is 0 Å². The van der Waals surface area contributed by atoms with Crippen molar-refractivity contribution >= 4 is 23.3 Å². The van der Waals surface area contributed by atoms with Crippen LogP contribution in [0.15, 0.2) is 18.2 Å². The van der Waals surface area contributed by atoms with Gasteiger partial charge >= 0.3 is 5.97 Å². The van der Waals surface area contributed by atoms with E-state index in [9.17, 15) is 4.79 Å². The van der Waals surface area contributed by atoms with Gasteiger partial charge in [-0.2, -0.15) is 0 Å². The van der Waals surface area contributed by atoms with Gasteiger partial charge in [-0.15, -0.1) is 0 Å². The highest BCUT2D eigenvalue weighted by Gasteiger charge is 2.30. The number of nitrogens with one attached hydrogen (secondary N) is 1. The Bertz CT molecular complexity index is 458. The lowest BCUT2D eigenvalue weighted by Crippen LogP contribution is -2.41. The van der Waals surface area contributed by atoms with E-state index < -0.39 is 0 Å². The van der Waals surface area contributed by atoms with Gasteiger partial charge in [-0.05, 0) is 38.0 Å². The summed E-state index contributed by atoms with van der Waals surface area (Å²) in [7, 11) is 1.36. The molecule has 0 heterocycles. The fourth-order valence-corrected chi connectivity index (χ4v) is 2.37. The second-order valence-electron chi connectivity index (χ2n) is 4.57. The summed E-state index contributed by atoms with van der Waals surface area (Å²) >= 11 is 5.91. The van der Waals surface area contributed by atoms with E-state index in [1.165, 1.54) is 7.11 Å². The molecule has 0 aromatic heterocycles. The van der Waals surface area contributed by atoms with Crippen LogP contribution in [0.25, 0.3) is 0 Å². The lowest BCUT2D eigenvalue weighted by molar-refractivity contribution is 0.00298. The first-order chi connectivity index (χ1) is 9.13. The summed E-state index contributed by atoms with van der Waals surface area (Å²) in [5.41, 5.74) is 1.23. The maximum absolute atomic E-state index is 11.7. The van der Waals surface area contributed by atoms with Gasteiger partial charge in [0.1, 0.15) is 0 Å². The number of methoxy groups -OCH3 is 1. The van der Waals surface area contributed by atoms with Gasteiger partial charge in [0, 0.05) is 23.4 Å². The van der Waals surface area contributed by atoms with Crippen molar-refractivity contribution in [2.45, 2.75) is 31.9 Å². The van der Waals surface area contributed by atoms with E-state index in [0.29, 0.717) is 22.7 Å². The van der Waals surface area contributed by atoms with E-state index in [0.717, 1.165) is 25.1 Å². The third-order valence-electron chi connectivity index (χ3n) is 3.24. The molecule has 1 aromatic rings. The number of esters is 1. The Kier molecular flexibility index (Phi) is 4.66.